The Balaban J connectivity index is 0.00000288. The number of piperidine rings is 1. The van der Waals surface area contributed by atoms with Gasteiger partial charge in [-0.2, -0.15) is 0 Å². The third-order valence-electron chi connectivity index (χ3n) is 4.04. The molecule has 0 saturated carbocycles. The van der Waals surface area contributed by atoms with Crippen LogP contribution in [0.5, 0.6) is 5.75 Å². The molecule has 5 nitrogen and oxygen atoms in total. The molecule has 0 spiro atoms. The van der Waals surface area contributed by atoms with Crippen molar-refractivity contribution >= 4 is 34.2 Å². The number of halogens is 2. The average Bonchev–Trinajstić information content (AvgIpc) is 2.58. The zero-order valence-corrected chi connectivity index (χ0v) is 16.1. The van der Waals surface area contributed by atoms with E-state index in [1.54, 1.807) is 0 Å². The maximum Gasteiger partial charge on any atom is 0.220 e. The predicted octanol–water partition coefficient (Wildman–Crippen LogP) is 2.51. The van der Waals surface area contributed by atoms with Gasteiger partial charge in [0.2, 0.25) is 5.91 Å². The summed E-state index contributed by atoms with van der Waals surface area (Å²) in [6, 6.07) is 7.48. The summed E-state index contributed by atoms with van der Waals surface area (Å²) in [4.78, 5) is 11.8. The number of aliphatic hydroxyl groups excluding tert-OH is 1. The van der Waals surface area contributed by atoms with Gasteiger partial charge in [-0.1, -0.05) is 12.1 Å². The summed E-state index contributed by atoms with van der Waals surface area (Å²) in [5.74, 6) is 1.33. The smallest absolute Gasteiger partial charge is 0.220 e. The normalized spacial score (nSPS) is 16.1. The number of amides is 1. The Kier molecular flexibility index (Phi) is 10.3. The van der Waals surface area contributed by atoms with Crippen LogP contribution in [0, 0.1) is 5.92 Å². The Morgan fingerprint density at radius 2 is 2.08 bits per heavy atom. The number of benzene rings is 1. The Hall–Kier alpha value is -0.820. The van der Waals surface area contributed by atoms with Crippen molar-refractivity contribution in [3.05, 3.63) is 28.7 Å². The second-order valence-corrected chi connectivity index (χ2v) is 6.79. The zero-order chi connectivity index (χ0) is 16.5. The number of hydrogen-bond acceptors (Lipinski definition) is 4. The van der Waals surface area contributed by atoms with Crippen molar-refractivity contribution in [2.24, 2.45) is 5.92 Å². The third kappa shape index (κ3) is 7.83. The predicted molar refractivity (Wildman–Crippen MR) is 101 cm³/mol. The fourth-order valence-electron chi connectivity index (χ4n) is 2.63. The number of para-hydroxylation sites is 1. The molecule has 7 heteroatoms. The number of aliphatic hydroxyl groups is 1. The van der Waals surface area contributed by atoms with E-state index in [2.05, 4.69) is 26.6 Å². The summed E-state index contributed by atoms with van der Waals surface area (Å²) in [6.07, 6.45) is 3.04. The molecule has 1 aliphatic heterocycles. The van der Waals surface area contributed by atoms with E-state index in [4.69, 9.17) is 4.74 Å². The van der Waals surface area contributed by atoms with Crippen LogP contribution in [-0.2, 0) is 4.79 Å². The number of carbonyl (C=O) groups excluding carboxylic acids is 1. The van der Waals surface area contributed by atoms with E-state index in [1.165, 1.54) is 0 Å². The van der Waals surface area contributed by atoms with Crippen LogP contribution in [-0.4, -0.2) is 43.4 Å². The Morgan fingerprint density at radius 1 is 1.38 bits per heavy atom. The molecule has 0 aromatic heterocycles. The molecule has 1 unspecified atom stereocenters. The lowest BCUT2D eigenvalue weighted by Gasteiger charge is -2.22. The molecule has 0 radical (unpaired) electrons. The molecule has 0 aliphatic carbocycles. The van der Waals surface area contributed by atoms with E-state index in [-0.39, 0.29) is 31.5 Å². The van der Waals surface area contributed by atoms with Gasteiger partial charge in [0.25, 0.3) is 0 Å². The number of rotatable bonds is 8. The first-order valence-corrected chi connectivity index (χ1v) is 8.97. The van der Waals surface area contributed by atoms with Crippen molar-refractivity contribution in [3.8, 4) is 5.75 Å². The molecule has 1 aliphatic rings. The molecular formula is C17H26BrClN2O3. The Labute approximate surface area is 158 Å². The quantitative estimate of drug-likeness (QED) is 0.603. The zero-order valence-electron chi connectivity index (χ0n) is 13.7. The van der Waals surface area contributed by atoms with E-state index >= 15 is 0 Å². The van der Waals surface area contributed by atoms with Crippen LogP contribution in [0.4, 0.5) is 0 Å². The average molecular weight is 422 g/mol. The Morgan fingerprint density at radius 3 is 2.79 bits per heavy atom. The Bertz CT molecular complexity index is 498. The molecule has 1 heterocycles. The van der Waals surface area contributed by atoms with Gasteiger partial charge in [0.15, 0.2) is 0 Å². The van der Waals surface area contributed by atoms with Gasteiger partial charge in [0, 0.05) is 13.0 Å². The summed E-state index contributed by atoms with van der Waals surface area (Å²) < 4.78 is 6.38. The first-order valence-electron chi connectivity index (χ1n) is 8.18. The topological polar surface area (TPSA) is 70.6 Å². The van der Waals surface area contributed by atoms with Crippen LogP contribution in [0.3, 0.4) is 0 Å². The summed E-state index contributed by atoms with van der Waals surface area (Å²) >= 11 is 3.39. The van der Waals surface area contributed by atoms with Crippen molar-refractivity contribution in [1.82, 2.24) is 10.6 Å². The van der Waals surface area contributed by atoms with E-state index in [9.17, 15) is 9.90 Å². The molecule has 1 aromatic carbocycles. The standard InChI is InChI=1S/C17H25BrN2O3.ClH/c18-15-3-1-2-4-16(15)23-12-14(21)11-20-17(22)6-5-13-7-9-19-10-8-13;/h1-4,13-14,19,21H,5-12H2,(H,20,22);1H. The molecule has 1 fully saturated rings. The highest BCUT2D eigenvalue weighted by atomic mass is 79.9. The lowest BCUT2D eigenvalue weighted by atomic mass is 9.93. The number of ether oxygens (including phenoxy) is 1. The lowest BCUT2D eigenvalue weighted by Crippen LogP contribution is -2.35. The van der Waals surface area contributed by atoms with Crippen LogP contribution in [0.15, 0.2) is 28.7 Å². The highest BCUT2D eigenvalue weighted by molar-refractivity contribution is 9.10. The number of nitrogens with one attached hydrogen (secondary N) is 2. The highest BCUT2D eigenvalue weighted by Crippen LogP contribution is 2.23. The van der Waals surface area contributed by atoms with Crippen LogP contribution in [0.1, 0.15) is 25.7 Å². The van der Waals surface area contributed by atoms with Crippen molar-refractivity contribution in [3.63, 3.8) is 0 Å². The summed E-state index contributed by atoms with van der Waals surface area (Å²) in [6.45, 7) is 2.47. The van der Waals surface area contributed by atoms with Gasteiger partial charge in [-0.25, -0.2) is 0 Å². The molecular weight excluding hydrogens is 396 g/mol. The van der Waals surface area contributed by atoms with Crippen LogP contribution >= 0.6 is 28.3 Å². The van der Waals surface area contributed by atoms with Crippen molar-refractivity contribution in [2.75, 3.05) is 26.2 Å². The van der Waals surface area contributed by atoms with Gasteiger partial charge in [-0.15, -0.1) is 12.4 Å². The van der Waals surface area contributed by atoms with Gasteiger partial charge in [0.1, 0.15) is 18.5 Å². The molecule has 1 aromatic rings. The molecule has 2 rings (SSSR count). The van der Waals surface area contributed by atoms with E-state index < -0.39 is 6.10 Å². The number of carbonyl (C=O) groups is 1. The SMILES string of the molecule is Cl.O=C(CCC1CCNCC1)NCC(O)COc1ccccc1Br. The first-order chi connectivity index (χ1) is 11.1. The van der Waals surface area contributed by atoms with Crippen LogP contribution < -0.4 is 15.4 Å². The number of hydrogen-bond donors (Lipinski definition) is 3. The molecule has 1 atom stereocenters. The molecule has 1 saturated heterocycles. The van der Waals surface area contributed by atoms with Gasteiger partial charge in [-0.3, -0.25) is 4.79 Å². The third-order valence-corrected chi connectivity index (χ3v) is 4.70. The molecule has 3 N–H and O–H groups in total. The van der Waals surface area contributed by atoms with Gasteiger partial charge in [-0.05, 0) is 66.3 Å². The maximum absolute atomic E-state index is 11.8. The molecule has 136 valence electrons. The minimum absolute atomic E-state index is 0. The van der Waals surface area contributed by atoms with E-state index in [0.29, 0.717) is 18.1 Å². The minimum atomic E-state index is -0.718. The van der Waals surface area contributed by atoms with Crippen LogP contribution in [0.2, 0.25) is 0 Å². The van der Waals surface area contributed by atoms with E-state index in [0.717, 1.165) is 36.8 Å². The molecule has 1 amide bonds. The monoisotopic (exact) mass is 420 g/mol. The van der Waals surface area contributed by atoms with Crippen molar-refractivity contribution < 1.29 is 14.6 Å². The van der Waals surface area contributed by atoms with Crippen molar-refractivity contribution in [1.29, 1.82) is 0 Å². The fourth-order valence-corrected chi connectivity index (χ4v) is 3.03. The highest BCUT2D eigenvalue weighted by Gasteiger charge is 2.15. The summed E-state index contributed by atoms with van der Waals surface area (Å²) in [5, 5.41) is 16.0. The largest absolute Gasteiger partial charge is 0.490 e. The van der Waals surface area contributed by atoms with Gasteiger partial charge >= 0.3 is 0 Å². The second kappa shape index (κ2) is 11.7. The maximum atomic E-state index is 11.8. The first kappa shape index (κ1) is 21.2. The van der Waals surface area contributed by atoms with Gasteiger partial charge < -0.3 is 20.5 Å². The summed E-state index contributed by atoms with van der Waals surface area (Å²) in [5.41, 5.74) is 0. The molecule has 24 heavy (non-hydrogen) atoms. The van der Waals surface area contributed by atoms with Crippen molar-refractivity contribution in [2.45, 2.75) is 31.8 Å². The molecule has 0 bridgehead atoms. The summed E-state index contributed by atoms with van der Waals surface area (Å²) in [7, 11) is 0. The van der Waals surface area contributed by atoms with E-state index in [1.807, 2.05) is 24.3 Å². The second-order valence-electron chi connectivity index (χ2n) is 5.93. The lowest BCUT2D eigenvalue weighted by molar-refractivity contribution is -0.122. The minimum Gasteiger partial charge on any atom is -0.490 e. The van der Waals surface area contributed by atoms with Crippen LogP contribution in [0.25, 0.3) is 0 Å². The fraction of sp³-hybridized carbons (Fsp3) is 0.588. The van der Waals surface area contributed by atoms with Gasteiger partial charge in [0.05, 0.1) is 4.47 Å².